The van der Waals surface area contributed by atoms with E-state index in [0.717, 1.165) is 24.4 Å². The van der Waals surface area contributed by atoms with Crippen LogP contribution >= 0.6 is 11.6 Å². The van der Waals surface area contributed by atoms with E-state index in [-0.39, 0.29) is 22.6 Å². The Kier molecular flexibility index (Phi) is 3.68. The Morgan fingerprint density at radius 2 is 2.00 bits per heavy atom. The second-order valence-corrected chi connectivity index (χ2v) is 7.25. The molecule has 5 nitrogen and oxygen atoms in total. The van der Waals surface area contributed by atoms with Crippen molar-refractivity contribution in [1.82, 2.24) is 14.9 Å². The summed E-state index contributed by atoms with van der Waals surface area (Å²) in [4.78, 5) is 32.4. The molecule has 1 N–H and O–H groups in total. The van der Waals surface area contributed by atoms with Gasteiger partial charge in [0.15, 0.2) is 0 Å². The number of hydrogen-bond donors (Lipinski definition) is 1. The van der Waals surface area contributed by atoms with Crippen molar-refractivity contribution in [3.63, 3.8) is 0 Å². The molecule has 2 fully saturated rings. The highest BCUT2D eigenvalue weighted by Gasteiger charge is 2.52. The maximum absolute atomic E-state index is 12.8. The fraction of sp³-hybridized carbons (Fsp3) is 0.389. The molecule has 24 heavy (non-hydrogen) atoms. The second kappa shape index (κ2) is 5.74. The first-order valence-electron chi connectivity index (χ1n) is 8.16. The first kappa shape index (κ1) is 15.4. The number of H-pyrrole nitrogens is 1. The highest BCUT2D eigenvalue weighted by molar-refractivity contribution is 6.30. The number of likely N-dealkylation sites (tertiary alicyclic amines) is 1. The highest BCUT2D eigenvalue weighted by Crippen LogP contribution is 2.55. The van der Waals surface area contributed by atoms with Crippen LogP contribution < -0.4 is 5.56 Å². The summed E-state index contributed by atoms with van der Waals surface area (Å²) < 4.78 is 0. The SMILES string of the molecule is O=C(c1cncc(=O)[nH]1)N1CC(c2ccc(Cl)cc2)C2(CCC2)C1. The van der Waals surface area contributed by atoms with Crippen molar-refractivity contribution in [3.8, 4) is 0 Å². The van der Waals surface area contributed by atoms with Gasteiger partial charge in [0.1, 0.15) is 5.69 Å². The van der Waals surface area contributed by atoms with Crippen LogP contribution in [0.1, 0.15) is 41.2 Å². The van der Waals surface area contributed by atoms with Crippen molar-refractivity contribution in [2.75, 3.05) is 13.1 Å². The van der Waals surface area contributed by atoms with Gasteiger partial charge in [-0.25, -0.2) is 0 Å². The Morgan fingerprint density at radius 1 is 1.25 bits per heavy atom. The van der Waals surface area contributed by atoms with Gasteiger partial charge in [-0.05, 0) is 36.0 Å². The summed E-state index contributed by atoms with van der Waals surface area (Å²) in [5.41, 5.74) is 1.29. The maximum Gasteiger partial charge on any atom is 0.272 e. The summed E-state index contributed by atoms with van der Waals surface area (Å²) in [5, 5.41) is 0.722. The average molecular weight is 344 g/mol. The van der Waals surface area contributed by atoms with Crippen LogP contribution in [0.4, 0.5) is 0 Å². The maximum atomic E-state index is 12.8. The van der Waals surface area contributed by atoms with Crippen LogP contribution in [0.2, 0.25) is 5.02 Å². The van der Waals surface area contributed by atoms with Gasteiger partial charge in [-0.3, -0.25) is 14.6 Å². The Labute approximate surface area is 144 Å². The predicted molar refractivity (Wildman–Crippen MR) is 91.2 cm³/mol. The summed E-state index contributed by atoms with van der Waals surface area (Å²) in [5.74, 6) is 0.166. The van der Waals surface area contributed by atoms with E-state index < -0.39 is 0 Å². The largest absolute Gasteiger partial charge is 0.336 e. The lowest BCUT2D eigenvalue weighted by atomic mass is 9.61. The molecule has 1 aliphatic carbocycles. The predicted octanol–water partition coefficient (Wildman–Crippen LogP) is 2.83. The fourth-order valence-electron chi connectivity index (χ4n) is 4.07. The summed E-state index contributed by atoms with van der Waals surface area (Å²) in [6.07, 6.45) is 6.06. The number of aromatic nitrogens is 2. The van der Waals surface area contributed by atoms with E-state index in [4.69, 9.17) is 11.6 Å². The monoisotopic (exact) mass is 343 g/mol. The third-order valence-corrected chi connectivity index (χ3v) is 5.69. The number of rotatable bonds is 2. The molecule has 0 radical (unpaired) electrons. The molecule has 2 aliphatic rings. The fourth-order valence-corrected chi connectivity index (χ4v) is 4.20. The van der Waals surface area contributed by atoms with Gasteiger partial charge in [-0.15, -0.1) is 0 Å². The third-order valence-electron chi connectivity index (χ3n) is 5.44. The average Bonchev–Trinajstić information content (AvgIpc) is 2.96. The number of aromatic amines is 1. The van der Waals surface area contributed by atoms with Gasteiger partial charge < -0.3 is 9.88 Å². The van der Waals surface area contributed by atoms with Crippen LogP contribution in [-0.2, 0) is 0 Å². The lowest BCUT2D eigenvalue weighted by molar-refractivity contribution is 0.0719. The molecule has 1 spiro atoms. The Hall–Kier alpha value is -2.14. The lowest BCUT2D eigenvalue weighted by Gasteiger charge is -2.43. The van der Waals surface area contributed by atoms with Gasteiger partial charge in [0.2, 0.25) is 0 Å². The molecule has 6 heteroatoms. The van der Waals surface area contributed by atoms with Crippen LogP contribution in [0.3, 0.4) is 0 Å². The van der Waals surface area contributed by atoms with E-state index in [1.807, 2.05) is 17.0 Å². The number of carbonyl (C=O) groups excluding carboxylic acids is 1. The molecule has 1 atom stereocenters. The van der Waals surface area contributed by atoms with Crippen molar-refractivity contribution in [1.29, 1.82) is 0 Å². The molecule has 1 amide bonds. The van der Waals surface area contributed by atoms with Crippen molar-refractivity contribution in [2.24, 2.45) is 5.41 Å². The summed E-state index contributed by atoms with van der Waals surface area (Å²) in [6.45, 7) is 1.40. The molecule has 1 aromatic carbocycles. The van der Waals surface area contributed by atoms with Crippen molar-refractivity contribution in [2.45, 2.75) is 25.2 Å². The topological polar surface area (TPSA) is 66.1 Å². The number of hydrogen-bond acceptors (Lipinski definition) is 3. The molecule has 1 aliphatic heterocycles. The van der Waals surface area contributed by atoms with E-state index >= 15 is 0 Å². The summed E-state index contributed by atoms with van der Waals surface area (Å²) in [7, 11) is 0. The number of nitrogens with one attached hydrogen (secondary N) is 1. The van der Waals surface area contributed by atoms with E-state index in [1.165, 1.54) is 24.4 Å². The van der Waals surface area contributed by atoms with Gasteiger partial charge in [0.05, 0.1) is 12.4 Å². The molecule has 1 saturated carbocycles. The molecule has 1 aromatic heterocycles. The Bertz CT molecular complexity index is 827. The standard InChI is InChI=1S/C18H18ClN3O2/c19-13-4-2-12(3-5-13)14-10-22(11-18(14)6-1-7-18)17(24)15-8-20-9-16(23)21-15/h2-5,8-9,14H,1,6-7,10-11H2,(H,21,23). The molecule has 2 aromatic rings. The van der Waals surface area contributed by atoms with E-state index in [0.29, 0.717) is 12.5 Å². The third kappa shape index (κ3) is 2.53. The van der Waals surface area contributed by atoms with E-state index in [9.17, 15) is 9.59 Å². The van der Waals surface area contributed by atoms with Crippen LogP contribution in [0.25, 0.3) is 0 Å². The second-order valence-electron chi connectivity index (χ2n) is 6.82. The minimum Gasteiger partial charge on any atom is -0.336 e. The lowest BCUT2D eigenvalue weighted by Crippen LogP contribution is -2.38. The molecule has 2 heterocycles. The zero-order chi connectivity index (χ0) is 16.7. The van der Waals surface area contributed by atoms with Crippen molar-refractivity contribution >= 4 is 17.5 Å². The smallest absolute Gasteiger partial charge is 0.272 e. The number of nitrogens with zero attached hydrogens (tertiary/aromatic N) is 2. The summed E-state index contributed by atoms with van der Waals surface area (Å²) in [6, 6.07) is 7.94. The van der Waals surface area contributed by atoms with Gasteiger partial charge in [0, 0.05) is 24.0 Å². The zero-order valence-electron chi connectivity index (χ0n) is 13.2. The first-order valence-corrected chi connectivity index (χ1v) is 8.54. The minimum absolute atomic E-state index is 0.150. The van der Waals surface area contributed by atoms with Crippen molar-refractivity contribution in [3.05, 3.63) is 63.3 Å². The molecule has 0 bridgehead atoms. The summed E-state index contributed by atoms with van der Waals surface area (Å²) >= 11 is 6.01. The van der Waals surface area contributed by atoms with Crippen LogP contribution in [-0.4, -0.2) is 33.9 Å². The Balaban J connectivity index is 1.62. The first-order chi connectivity index (χ1) is 11.6. The molecular weight excluding hydrogens is 326 g/mol. The van der Waals surface area contributed by atoms with Gasteiger partial charge in [0.25, 0.3) is 11.5 Å². The van der Waals surface area contributed by atoms with Gasteiger partial charge in [-0.1, -0.05) is 30.2 Å². The molecule has 4 rings (SSSR count). The zero-order valence-corrected chi connectivity index (χ0v) is 13.9. The van der Waals surface area contributed by atoms with E-state index in [2.05, 4.69) is 22.1 Å². The molecule has 1 saturated heterocycles. The molecular formula is C18H18ClN3O2. The quantitative estimate of drug-likeness (QED) is 0.911. The van der Waals surface area contributed by atoms with Crippen molar-refractivity contribution < 1.29 is 4.79 Å². The molecule has 124 valence electrons. The van der Waals surface area contributed by atoms with Crippen LogP contribution in [0, 0.1) is 5.41 Å². The Morgan fingerprint density at radius 3 is 2.62 bits per heavy atom. The number of carbonyl (C=O) groups is 1. The number of halogens is 1. The highest BCUT2D eigenvalue weighted by atomic mass is 35.5. The van der Waals surface area contributed by atoms with E-state index in [1.54, 1.807) is 0 Å². The number of amides is 1. The van der Waals surface area contributed by atoms with Crippen LogP contribution in [0.5, 0.6) is 0 Å². The normalized spacial score (nSPS) is 21.7. The van der Waals surface area contributed by atoms with Gasteiger partial charge in [-0.2, -0.15) is 0 Å². The minimum atomic E-state index is -0.354. The number of benzene rings is 1. The van der Waals surface area contributed by atoms with Crippen LogP contribution in [0.15, 0.2) is 41.5 Å². The molecule has 1 unspecified atom stereocenters. The van der Waals surface area contributed by atoms with Gasteiger partial charge >= 0.3 is 0 Å².